The van der Waals surface area contributed by atoms with Crippen LogP contribution in [0.4, 0.5) is 11.5 Å². The number of anilines is 2. The van der Waals surface area contributed by atoms with Crippen LogP contribution >= 0.6 is 23.4 Å². The average Bonchev–Trinajstić information content (AvgIpc) is 3.24. The minimum Gasteiger partial charge on any atom is -0.381 e. The largest absolute Gasteiger partial charge is 0.381 e. The molecular formula is C22H26ClN7OS. The van der Waals surface area contributed by atoms with Gasteiger partial charge >= 0.3 is 0 Å². The second-order valence-corrected chi connectivity index (χ2v) is 8.91. The lowest BCUT2D eigenvalue weighted by Crippen LogP contribution is -2.51. The molecule has 10 heteroatoms. The van der Waals surface area contributed by atoms with E-state index in [9.17, 15) is 0 Å². The molecule has 2 unspecified atom stereocenters. The van der Waals surface area contributed by atoms with E-state index in [1.165, 1.54) is 22.9 Å². The van der Waals surface area contributed by atoms with Gasteiger partial charge in [0.05, 0.1) is 36.1 Å². The van der Waals surface area contributed by atoms with E-state index in [4.69, 9.17) is 26.6 Å². The van der Waals surface area contributed by atoms with Crippen molar-refractivity contribution in [1.29, 1.82) is 5.26 Å². The molecule has 2 aromatic rings. The van der Waals surface area contributed by atoms with Crippen LogP contribution in [0.1, 0.15) is 23.1 Å². The SMILES string of the molecule is COC1Cc2cccc(N/N=C/c3c(Cl)nc(SC)nc3N3CCNC(CC#N)C3)c2C1. The van der Waals surface area contributed by atoms with Crippen LogP contribution in [0.25, 0.3) is 0 Å². The summed E-state index contributed by atoms with van der Waals surface area (Å²) in [6.45, 7) is 2.21. The number of hydrogen-bond donors (Lipinski definition) is 2. The molecule has 168 valence electrons. The van der Waals surface area contributed by atoms with Crippen LogP contribution < -0.4 is 15.6 Å². The van der Waals surface area contributed by atoms with Crippen molar-refractivity contribution in [1.82, 2.24) is 15.3 Å². The highest BCUT2D eigenvalue weighted by Crippen LogP contribution is 2.31. The number of fused-ring (bicyclic) bond motifs is 1. The number of methoxy groups -OCH3 is 1. The van der Waals surface area contributed by atoms with Gasteiger partial charge in [-0.1, -0.05) is 35.5 Å². The third kappa shape index (κ3) is 4.99. The van der Waals surface area contributed by atoms with Crippen molar-refractivity contribution in [3.05, 3.63) is 40.0 Å². The molecule has 2 heterocycles. The normalized spacial score (nSPS) is 20.4. The van der Waals surface area contributed by atoms with Gasteiger partial charge in [0.25, 0.3) is 0 Å². The minimum atomic E-state index is 0.0868. The molecule has 2 aliphatic rings. The number of ether oxygens (including phenoxy) is 1. The molecule has 0 saturated carbocycles. The Morgan fingerprint density at radius 2 is 2.31 bits per heavy atom. The summed E-state index contributed by atoms with van der Waals surface area (Å²) in [7, 11) is 1.75. The fourth-order valence-electron chi connectivity index (χ4n) is 4.17. The maximum atomic E-state index is 9.08. The summed E-state index contributed by atoms with van der Waals surface area (Å²) in [4.78, 5) is 11.3. The number of hydrazone groups is 1. The van der Waals surface area contributed by atoms with Gasteiger partial charge in [0.2, 0.25) is 0 Å². The van der Waals surface area contributed by atoms with E-state index >= 15 is 0 Å². The van der Waals surface area contributed by atoms with E-state index in [-0.39, 0.29) is 12.1 Å². The molecule has 4 rings (SSSR count). The van der Waals surface area contributed by atoms with E-state index < -0.39 is 0 Å². The number of hydrogen-bond acceptors (Lipinski definition) is 9. The van der Waals surface area contributed by atoms with Crippen LogP contribution in [-0.4, -0.2) is 61.3 Å². The molecule has 0 bridgehead atoms. The van der Waals surface area contributed by atoms with Gasteiger partial charge in [0.15, 0.2) is 5.16 Å². The zero-order valence-corrected chi connectivity index (χ0v) is 19.7. The van der Waals surface area contributed by atoms with E-state index in [0.29, 0.717) is 28.8 Å². The van der Waals surface area contributed by atoms with Crippen LogP contribution in [0.5, 0.6) is 0 Å². The van der Waals surface area contributed by atoms with Crippen molar-refractivity contribution >= 4 is 41.1 Å². The van der Waals surface area contributed by atoms with Crippen LogP contribution in [-0.2, 0) is 17.6 Å². The Bertz CT molecular complexity index is 1040. The number of benzene rings is 1. The van der Waals surface area contributed by atoms with Crippen molar-refractivity contribution in [3.8, 4) is 6.07 Å². The Hall–Kier alpha value is -2.38. The third-order valence-electron chi connectivity index (χ3n) is 5.80. The first-order chi connectivity index (χ1) is 15.6. The van der Waals surface area contributed by atoms with Crippen molar-refractivity contribution < 1.29 is 4.74 Å². The Labute approximate surface area is 197 Å². The average molecular weight is 472 g/mol. The second-order valence-electron chi connectivity index (χ2n) is 7.78. The van der Waals surface area contributed by atoms with E-state index in [1.54, 1.807) is 13.3 Å². The Kier molecular flexibility index (Phi) is 7.48. The van der Waals surface area contributed by atoms with Crippen LogP contribution in [0.15, 0.2) is 28.5 Å². The van der Waals surface area contributed by atoms with Crippen LogP contribution in [0.2, 0.25) is 5.15 Å². The number of nitriles is 1. The summed E-state index contributed by atoms with van der Waals surface area (Å²) in [5.41, 5.74) is 7.32. The number of halogens is 1. The number of nitrogens with zero attached hydrogens (tertiary/aromatic N) is 5. The quantitative estimate of drug-likeness (QED) is 0.209. The number of nitrogens with one attached hydrogen (secondary N) is 2. The molecule has 2 atom stereocenters. The summed E-state index contributed by atoms with van der Waals surface area (Å²) in [5, 5.41) is 17.9. The minimum absolute atomic E-state index is 0.0868. The zero-order chi connectivity index (χ0) is 22.5. The highest BCUT2D eigenvalue weighted by atomic mass is 35.5. The molecule has 0 radical (unpaired) electrons. The maximum absolute atomic E-state index is 9.08. The van der Waals surface area contributed by atoms with Gasteiger partial charge in [-0.05, 0) is 29.9 Å². The zero-order valence-electron chi connectivity index (χ0n) is 18.1. The molecule has 1 fully saturated rings. The molecule has 1 saturated heterocycles. The summed E-state index contributed by atoms with van der Waals surface area (Å²) in [5.74, 6) is 0.738. The molecule has 0 spiro atoms. The predicted molar refractivity (Wildman–Crippen MR) is 129 cm³/mol. The highest BCUT2D eigenvalue weighted by Gasteiger charge is 2.25. The molecule has 1 aliphatic carbocycles. The summed E-state index contributed by atoms with van der Waals surface area (Å²) < 4.78 is 5.54. The maximum Gasteiger partial charge on any atom is 0.190 e. The van der Waals surface area contributed by atoms with Crippen molar-refractivity contribution in [2.45, 2.75) is 36.6 Å². The first-order valence-electron chi connectivity index (χ1n) is 10.5. The fraction of sp³-hybridized carbons (Fsp3) is 0.455. The summed E-state index contributed by atoms with van der Waals surface area (Å²) in [6, 6.07) is 8.51. The molecule has 1 aromatic heterocycles. The van der Waals surface area contributed by atoms with Gasteiger partial charge < -0.3 is 15.0 Å². The molecule has 1 aliphatic heterocycles. The topological polar surface area (TPSA) is 98.5 Å². The van der Waals surface area contributed by atoms with Crippen molar-refractivity contribution in [2.24, 2.45) is 5.10 Å². The predicted octanol–water partition coefficient (Wildman–Crippen LogP) is 3.10. The van der Waals surface area contributed by atoms with Gasteiger partial charge in [-0.25, -0.2) is 9.97 Å². The summed E-state index contributed by atoms with van der Waals surface area (Å²) >= 11 is 7.99. The third-order valence-corrected chi connectivity index (χ3v) is 6.63. The van der Waals surface area contributed by atoms with E-state index in [0.717, 1.165) is 37.4 Å². The highest BCUT2D eigenvalue weighted by molar-refractivity contribution is 7.98. The molecule has 0 amide bonds. The number of rotatable bonds is 7. The first-order valence-corrected chi connectivity index (χ1v) is 12.1. The van der Waals surface area contributed by atoms with Crippen LogP contribution in [0, 0.1) is 11.3 Å². The number of thioether (sulfide) groups is 1. The van der Waals surface area contributed by atoms with Crippen molar-refractivity contribution in [2.75, 3.05) is 43.3 Å². The first kappa shape index (κ1) is 22.8. The lowest BCUT2D eigenvalue weighted by atomic mass is 10.1. The lowest BCUT2D eigenvalue weighted by Gasteiger charge is -2.34. The number of piperazine rings is 1. The second kappa shape index (κ2) is 10.5. The lowest BCUT2D eigenvalue weighted by molar-refractivity contribution is 0.112. The van der Waals surface area contributed by atoms with E-state index in [1.807, 2.05) is 18.4 Å². The van der Waals surface area contributed by atoms with Gasteiger partial charge in [0, 0.05) is 39.2 Å². The van der Waals surface area contributed by atoms with Crippen molar-refractivity contribution in [3.63, 3.8) is 0 Å². The smallest absolute Gasteiger partial charge is 0.190 e. The Morgan fingerprint density at radius 3 is 3.09 bits per heavy atom. The number of aromatic nitrogens is 2. The molecule has 2 N–H and O–H groups in total. The molecule has 8 nitrogen and oxygen atoms in total. The fourth-order valence-corrected chi connectivity index (χ4v) is 4.79. The molecular weight excluding hydrogens is 446 g/mol. The van der Waals surface area contributed by atoms with Crippen LogP contribution in [0.3, 0.4) is 0 Å². The standard InChI is InChI=1S/C22H26ClN7OS/c1-31-16-10-14-4-3-5-19(17(14)11-16)29-26-12-18-20(23)27-22(32-2)28-21(18)30-9-8-25-15(13-30)6-7-24/h3-5,12,15-16,25,29H,6,8-11,13H2,1-2H3/b26-12+. The van der Waals surface area contributed by atoms with E-state index in [2.05, 4.69) is 37.9 Å². The molecule has 1 aromatic carbocycles. The van der Waals surface area contributed by atoms with Gasteiger partial charge in [0.1, 0.15) is 11.0 Å². The Balaban J connectivity index is 1.58. The Morgan fingerprint density at radius 1 is 1.44 bits per heavy atom. The summed E-state index contributed by atoms with van der Waals surface area (Å²) in [6.07, 6.45) is 6.04. The monoisotopic (exact) mass is 471 g/mol. The van der Waals surface area contributed by atoms with Gasteiger partial charge in [-0.2, -0.15) is 10.4 Å². The molecule has 32 heavy (non-hydrogen) atoms. The van der Waals surface area contributed by atoms with Gasteiger partial charge in [-0.3, -0.25) is 5.43 Å². The van der Waals surface area contributed by atoms with Gasteiger partial charge in [-0.15, -0.1) is 0 Å².